The minimum Gasteiger partial charge on any atom is -0.312 e. The summed E-state index contributed by atoms with van der Waals surface area (Å²) in [5.74, 6) is 0.609. The topological polar surface area (TPSA) is 59.1 Å². The van der Waals surface area contributed by atoms with Crippen LogP contribution in [0.3, 0.4) is 0 Å². The zero-order valence-electron chi connectivity index (χ0n) is 10.7. The second-order valence-corrected chi connectivity index (χ2v) is 8.17. The molecule has 0 spiro atoms. The van der Waals surface area contributed by atoms with Crippen LogP contribution in [0.1, 0.15) is 35.9 Å². The van der Waals surface area contributed by atoms with Gasteiger partial charge in [0.1, 0.15) is 10.3 Å². The van der Waals surface area contributed by atoms with Crippen LogP contribution in [0.4, 0.5) is 0 Å². The van der Waals surface area contributed by atoms with E-state index in [2.05, 4.69) is 24.1 Å². The van der Waals surface area contributed by atoms with Crippen LogP contribution in [-0.2, 0) is 16.4 Å². The molecular weight excluding hydrogens is 256 g/mol. The molecule has 1 aromatic heterocycles. The molecule has 0 aliphatic carbocycles. The lowest BCUT2D eigenvalue weighted by Gasteiger charge is -2.05. The molecule has 0 aromatic carbocycles. The van der Waals surface area contributed by atoms with Gasteiger partial charge >= 0.3 is 0 Å². The molecule has 98 valence electrons. The molecule has 0 radical (unpaired) electrons. The summed E-state index contributed by atoms with van der Waals surface area (Å²) in [4.78, 5) is 5.26. The van der Waals surface area contributed by atoms with Crippen LogP contribution in [0.2, 0.25) is 0 Å². The van der Waals surface area contributed by atoms with Gasteiger partial charge in [0.25, 0.3) is 0 Å². The molecule has 0 aliphatic heterocycles. The number of thiazole rings is 1. The van der Waals surface area contributed by atoms with E-state index in [4.69, 9.17) is 0 Å². The van der Waals surface area contributed by atoms with E-state index >= 15 is 0 Å². The molecular formula is C11H20N2O2S2. The predicted molar refractivity (Wildman–Crippen MR) is 71.9 cm³/mol. The van der Waals surface area contributed by atoms with Gasteiger partial charge < -0.3 is 5.32 Å². The van der Waals surface area contributed by atoms with Crippen LogP contribution in [0.5, 0.6) is 0 Å². The fraction of sp³-hybridized carbons (Fsp3) is 0.727. The van der Waals surface area contributed by atoms with Crippen LogP contribution in [0.25, 0.3) is 0 Å². The number of rotatable bonds is 6. The zero-order chi connectivity index (χ0) is 13.1. The molecule has 1 unspecified atom stereocenters. The van der Waals surface area contributed by atoms with Gasteiger partial charge in [-0.3, -0.25) is 0 Å². The van der Waals surface area contributed by atoms with Crippen molar-refractivity contribution in [2.24, 2.45) is 5.92 Å². The monoisotopic (exact) mass is 276 g/mol. The first-order valence-electron chi connectivity index (χ1n) is 5.65. The number of aromatic nitrogens is 1. The molecule has 0 fully saturated rings. The maximum absolute atomic E-state index is 11.4. The summed E-state index contributed by atoms with van der Waals surface area (Å²) in [5, 5.41) is 3.48. The van der Waals surface area contributed by atoms with E-state index < -0.39 is 15.1 Å². The van der Waals surface area contributed by atoms with Crippen LogP contribution in [-0.4, -0.2) is 26.2 Å². The van der Waals surface area contributed by atoms with Crippen molar-refractivity contribution in [2.45, 2.75) is 32.6 Å². The minimum absolute atomic E-state index is 0.508. The minimum atomic E-state index is -3.05. The summed E-state index contributed by atoms with van der Waals surface area (Å²) in [5.41, 5.74) is 0. The van der Waals surface area contributed by atoms with Crippen molar-refractivity contribution in [3.05, 3.63) is 16.1 Å². The fourth-order valence-corrected chi connectivity index (χ4v) is 3.17. The highest BCUT2D eigenvalue weighted by Crippen LogP contribution is 2.25. The fourth-order valence-electron chi connectivity index (χ4n) is 1.26. The molecule has 1 atom stereocenters. The van der Waals surface area contributed by atoms with Gasteiger partial charge in [0.15, 0.2) is 9.84 Å². The van der Waals surface area contributed by atoms with Crippen molar-refractivity contribution < 1.29 is 8.42 Å². The molecule has 0 saturated carbocycles. The molecule has 0 aliphatic rings. The largest absolute Gasteiger partial charge is 0.312 e. The van der Waals surface area contributed by atoms with Crippen molar-refractivity contribution >= 4 is 21.2 Å². The lowest BCUT2D eigenvalue weighted by molar-refractivity contribution is 0.554. The van der Waals surface area contributed by atoms with E-state index in [0.29, 0.717) is 10.9 Å². The molecule has 4 nitrogen and oxygen atoms in total. The second kappa shape index (κ2) is 5.93. The lowest BCUT2D eigenvalue weighted by Crippen LogP contribution is -2.18. The van der Waals surface area contributed by atoms with Crippen LogP contribution >= 0.6 is 11.3 Å². The van der Waals surface area contributed by atoms with Gasteiger partial charge in [0.2, 0.25) is 0 Å². The van der Waals surface area contributed by atoms with E-state index in [1.807, 2.05) is 0 Å². The average Bonchev–Trinajstić information content (AvgIpc) is 2.63. The second-order valence-electron chi connectivity index (χ2n) is 4.66. The normalized spacial score (nSPS) is 14.2. The summed E-state index contributed by atoms with van der Waals surface area (Å²) in [6, 6.07) is 0. The highest BCUT2D eigenvalue weighted by atomic mass is 32.2. The van der Waals surface area contributed by atoms with Gasteiger partial charge in [-0.25, -0.2) is 13.4 Å². The molecule has 1 N–H and O–H groups in total. The summed E-state index contributed by atoms with van der Waals surface area (Å²) in [6.07, 6.45) is 3.00. The maximum Gasteiger partial charge on any atom is 0.156 e. The molecule has 1 heterocycles. The van der Waals surface area contributed by atoms with E-state index in [0.717, 1.165) is 18.0 Å². The van der Waals surface area contributed by atoms with E-state index in [1.165, 1.54) is 17.6 Å². The number of nitrogens with zero attached hydrogens (tertiary/aromatic N) is 1. The van der Waals surface area contributed by atoms with E-state index in [9.17, 15) is 8.42 Å². The first-order chi connectivity index (χ1) is 7.80. The Morgan fingerprint density at radius 3 is 2.59 bits per heavy atom. The average molecular weight is 276 g/mol. The van der Waals surface area contributed by atoms with Crippen LogP contribution in [0.15, 0.2) is 6.20 Å². The number of hydrogen-bond donors (Lipinski definition) is 1. The summed E-state index contributed by atoms with van der Waals surface area (Å²) in [6.45, 7) is 7.69. The molecule has 17 heavy (non-hydrogen) atoms. The maximum atomic E-state index is 11.4. The zero-order valence-corrected chi connectivity index (χ0v) is 12.4. The van der Waals surface area contributed by atoms with Gasteiger partial charge in [-0.15, -0.1) is 11.3 Å². The Bertz CT molecular complexity index is 452. The molecule has 1 aromatic rings. The van der Waals surface area contributed by atoms with Gasteiger partial charge in [-0.05, 0) is 19.4 Å². The summed E-state index contributed by atoms with van der Waals surface area (Å²) in [7, 11) is -3.05. The van der Waals surface area contributed by atoms with E-state index in [1.54, 1.807) is 13.1 Å². The smallest absolute Gasteiger partial charge is 0.156 e. The first-order valence-corrected chi connectivity index (χ1v) is 8.42. The van der Waals surface area contributed by atoms with Crippen molar-refractivity contribution in [1.82, 2.24) is 10.3 Å². The summed E-state index contributed by atoms with van der Waals surface area (Å²) >= 11 is 1.47. The van der Waals surface area contributed by atoms with Gasteiger partial charge in [-0.2, -0.15) is 0 Å². The predicted octanol–water partition coefficient (Wildman–Crippen LogP) is 1.99. The van der Waals surface area contributed by atoms with Crippen molar-refractivity contribution in [1.29, 1.82) is 0 Å². The van der Waals surface area contributed by atoms with Crippen LogP contribution < -0.4 is 5.32 Å². The molecule has 0 amide bonds. The Balaban J connectivity index is 2.60. The molecule has 0 saturated heterocycles. The first kappa shape index (κ1) is 14.6. The Kier molecular flexibility index (Phi) is 5.09. The Hall–Kier alpha value is -0.460. The van der Waals surface area contributed by atoms with Crippen molar-refractivity contribution in [3.63, 3.8) is 0 Å². The third-order valence-electron chi connectivity index (χ3n) is 2.41. The number of sulfone groups is 1. The highest BCUT2D eigenvalue weighted by Gasteiger charge is 2.20. The lowest BCUT2D eigenvalue weighted by atomic mass is 10.2. The van der Waals surface area contributed by atoms with Crippen molar-refractivity contribution in [3.8, 4) is 0 Å². The van der Waals surface area contributed by atoms with Crippen LogP contribution in [0, 0.1) is 5.92 Å². The Morgan fingerprint density at radius 2 is 2.06 bits per heavy atom. The standard InChI is InChI=1S/C11H20N2O2S2/c1-8(2)5-12-6-10-7-13-11(16-10)9(3)17(4,14)15/h7-9,12H,5-6H2,1-4H3. The Morgan fingerprint density at radius 1 is 1.41 bits per heavy atom. The van der Waals surface area contributed by atoms with E-state index in [-0.39, 0.29) is 0 Å². The quantitative estimate of drug-likeness (QED) is 0.863. The Labute approximate surface area is 107 Å². The summed E-state index contributed by atoms with van der Waals surface area (Å²) < 4.78 is 22.8. The van der Waals surface area contributed by atoms with Gasteiger partial charge in [0.05, 0.1) is 0 Å². The third kappa shape index (κ3) is 4.73. The van der Waals surface area contributed by atoms with Crippen molar-refractivity contribution in [2.75, 3.05) is 12.8 Å². The SMILES string of the molecule is CC(C)CNCc1cnc(C(C)S(C)(=O)=O)s1. The molecule has 1 rings (SSSR count). The molecule has 0 bridgehead atoms. The number of hydrogen-bond acceptors (Lipinski definition) is 5. The van der Waals surface area contributed by atoms with Gasteiger partial charge in [0, 0.05) is 23.9 Å². The number of nitrogens with one attached hydrogen (secondary N) is 1. The highest BCUT2D eigenvalue weighted by molar-refractivity contribution is 7.91. The third-order valence-corrected chi connectivity index (χ3v) is 5.25. The molecule has 6 heteroatoms. The van der Waals surface area contributed by atoms with Gasteiger partial charge in [-0.1, -0.05) is 13.8 Å².